The fraction of sp³-hybridized carbons (Fsp3) is 0.417. The molecule has 0 aromatic heterocycles. The maximum absolute atomic E-state index is 13.1. The number of ether oxygens (including phenoxy) is 1. The van der Waals surface area contributed by atoms with Gasteiger partial charge in [-0.05, 0) is 63.4 Å². The van der Waals surface area contributed by atoms with Gasteiger partial charge in [-0.15, -0.1) is 0 Å². The fourth-order valence-corrected chi connectivity index (χ4v) is 3.53. The number of rotatable bonds is 9. The molecule has 0 aliphatic carbocycles. The van der Waals surface area contributed by atoms with Crippen LogP contribution in [-0.2, 0) is 16.1 Å². The summed E-state index contributed by atoms with van der Waals surface area (Å²) in [5, 5.41) is 3.88. The lowest BCUT2D eigenvalue weighted by Gasteiger charge is -2.30. The summed E-state index contributed by atoms with van der Waals surface area (Å²) in [5.41, 5.74) is 2.77. The summed E-state index contributed by atoms with van der Waals surface area (Å²) < 4.78 is 5.78. The van der Waals surface area contributed by atoms with Gasteiger partial charge in [-0.25, -0.2) is 0 Å². The Morgan fingerprint density at radius 3 is 2.42 bits per heavy atom. The second kappa shape index (κ2) is 11.4. The highest BCUT2D eigenvalue weighted by Gasteiger charge is 2.27. The van der Waals surface area contributed by atoms with Crippen molar-refractivity contribution in [3.63, 3.8) is 0 Å². The Bertz CT molecular complexity index is 933. The number of nitrogens with zero attached hydrogens (tertiary/aromatic N) is 1. The Hall–Kier alpha value is -2.24. The lowest BCUT2D eigenvalue weighted by atomic mass is 10.1. The Kier molecular flexibility index (Phi) is 9.20. The van der Waals surface area contributed by atoms with E-state index in [1.54, 1.807) is 25.1 Å². The molecule has 0 aliphatic rings. The first-order chi connectivity index (χ1) is 14.6. The van der Waals surface area contributed by atoms with E-state index in [2.05, 4.69) is 5.32 Å². The number of benzene rings is 2. The summed E-state index contributed by atoms with van der Waals surface area (Å²) in [6, 6.07) is 10.2. The van der Waals surface area contributed by atoms with Crippen molar-refractivity contribution in [1.82, 2.24) is 10.2 Å². The minimum atomic E-state index is -0.698. The molecule has 2 rings (SSSR count). The van der Waals surface area contributed by atoms with Crippen molar-refractivity contribution < 1.29 is 14.3 Å². The van der Waals surface area contributed by atoms with Crippen LogP contribution in [0.15, 0.2) is 36.4 Å². The standard InChI is InChI=1S/C24H30Cl2N2O3/c1-6-17(4)27-24(30)18(5)28(13-19-8-9-20(25)12-21(19)26)23(29)14-31-22-10-7-15(2)11-16(22)3/h7-12,17-18H,6,13-14H2,1-5H3,(H,27,30)/t17-,18+/m1/s1. The van der Waals surface area contributed by atoms with E-state index in [1.165, 1.54) is 4.90 Å². The van der Waals surface area contributed by atoms with Crippen molar-refractivity contribution >= 4 is 35.0 Å². The van der Waals surface area contributed by atoms with Crippen LogP contribution in [0.3, 0.4) is 0 Å². The third-order valence-electron chi connectivity index (χ3n) is 5.21. The number of aryl methyl sites for hydroxylation is 2. The van der Waals surface area contributed by atoms with Crippen molar-refractivity contribution in [1.29, 1.82) is 0 Å². The van der Waals surface area contributed by atoms with Gasteiger partial charge >= 0.3 is 0 Å². The summed E-state index contributed by atoms with van der Waals surface area (Å²) in [4.78, 5) is 27.4. The monoisotopic (exact) mass is 464 g/mol. The highest BCUT2D eigenvalue weighted by atomic mass is 35.5. The molecule has 0 spiro atoms. The normalized spacial score (nSPS) is 12.7. The number of carbonyl (C=O) groups excluding carboxylic acids is 2. The largest absolute Gasteiger partial charge is 0.483 e. The molecule has 1 N–H and O–H groups in total. The van der Waals surface area contributed by atoms with E-state index < -0.39 is 6.04 Å². The van der Waals surface area contributed by atoms with E-state index in [1.807, 2.05) is 45.9 Å². The van der Waals surface area contributed by atoms with Crippen LogP contribution in [0.2, 0.25) is 10.0 Å². The van der Waals surface area contributed by atoms with E-state index in [0.29, 0.717) is 21.4 Å². The molecule has 0 radical (unpaired) electrons. The second-order valence-electron chi connectivity index (χ2n) is 7.81. The van der Waals surface area contributed by atoms with Crippen molar-refractivity contribution in [3.8, 4) is 5.75 Å². The summed E-state index contributed by atoms with van der Waals surface area (Å²) in [6.45, 7) is 9.53. The quantitative estimate of drug-likeness (QED) is 0.545. The predicted octanol–water partition coefficient (Wildman–Crippen LogP) is 5.32. The summed E-state index contributed by atoms with van der Waals surface area (Å²) in [6.07, 6.45) is 0.797. The van der Waals surface area contributed by atoms with Gasteiger partial charge in [0.2, 0.25) is 5.91 Å². The van der Waals surface area contributed by atoms with Crippen LogP contribution in [0.1, 0.15) is 43.9 Å². The Morgan fingerprint density at radius 2 is 1.81 bits per heavy atom. The van der Waals surface area contributed by atoms with Gasteiger partial charge in [-0.3, -0.25) is 9.59 Å². The van der Waals surface area contributed by atoms with E-state index in [-0.39, 0.29) is 31.0 Å². The molecule has 2 atom stereocenters. The van der Waals surface area contributed by atoms with E-state index >= 15 is 0 Å². The number of hydrogen-bond donors (Lipinski definition) is 1. The molecule has 5 nitrogen and oxygen atoms in total. The number of amides is 2. The molecule has 0 aliphatic heterocycles. The number of hydrogen-bond acceptors (Lipinski definition) is 3. The van der Waals surface area contributed by atoms with Gasteiger partial charge in [0.1, 0.15) is 11.8 Å². The van der Waals surface area contributed by atoms with Crippen LogP contribution in [0, 0.1) is 13.8 Å². The topological polar surface area (TPSA) is 58.6 Å². The number of carbonyl (C=O) groups is 2. The first kappa shape index (κ1) is 25.0. The Balaban J connectivity index is 2.22. The maximum Gasteiger partial charge on any atom is 0.261 e. The van der Waals surface area contributed by atoms with Gasteiger partial charge < -0.3 is 15.0 Å². The minimum Gasteiger partial charge on any atom is -0.483 e. The van der Waals surface area contributed by atoms with Gasteiger partial charge in [0.15, 0.2) is 6.61 Å². The highest BCUT2D eigenvalue weighted by molar-refractivity contribution is 6.35. The van der Waals surface area contributed by atoms with Crippen LogP contribution in [0.5, 0.6) is 5.75 Å². The van der Waals surface area contributed by atoms with E-state index in [0.717, 1.165) is 17.5 Å². The first-order valence-electron chi connectivity index (χ1n) is 10.4. The van der Waals surface area contributed by atoms with Crippen LogP contribution >= 0.6 is 23.2 Å². The smallest absolute Gasteiger partial charge is 0.261 e. The van der Waals surface area contributed by atoms with Crippen LogP contribution in [0.4, 0.5) is 0 Å². The average Bonchev–Trinajstić information content (AvgIpc) is 2.71. The predicted molar refractivity (Wildman–Crippen MR) is 126 cm³/mol. The molecule has 0 saturated carbocycles. The van der Waals surface area contributed by atoms with Gasteiger partial charge in [0.25, 0.3) is 5.91 Å². The van der Waals surface area contributed by atoms with Gasteiger partial charge in [-0.2, -0.15) is 0 Å². The molecule has 2 aromatic carbocycles. The SMILES string of the molecule is CC[C@@H](C)NC(=O)[C@H](C)N(Cc1ccc(Cl)cc1Cl)C(=O)COc1ccc(C)cc1C. The Morgan fingerprint density at radius 1 is 1.10 bits per heavy atom. The van der Waals surface area contributed by atoms with E-state index in [4.69, 9.17) is 27.9 Å². The molecule has 0 saturated heterocycles. The van der Waals surface area contributed by atoms with Crippen LogP contribution in [0.25, 0.3) is 0 Å². The molecular weight excluding hydrogens is 435 g/mol. The summed E-state index contributed by atoms with van der Waals surface area (Å²) in [7, 11) is 0. The number of nitrogens with one attached hydrogen (secondary N) is 1. The molecule has 0 fully saturated rings. The molecule has 168 valence electrons. The molecule has 0 heterocycles. The molecule has 2 amide bonds. The lowest BCUT2D eigenvalue weighted by molar-refractivity contribution is -0.142. The van der Waals surface area contributed by atoms with Crippen LogP contribution < -0.4 is 10.1 Å². The summed E-state index contributed by atoms with van der Waals surface area (Å²) in [5.74, 6) is 0.109. The van der Waals surface area contributed by atoms with Crippen molar-refractivity contribution in [2.75, 3.05) is 6.61 Å². The van der Waals surface area contributed by atoms with Crippen molar-refractivity contribution in [3.05, 3.63) is 63.1 Å². The zero-order valence-corrected chi connectivity index (χ0v) is 20.2. The highest BCUT2D eigenvalue weighted by Crippen LogP contribution is 2.24. The fourth-order valence-electron chi connectivity index (χ4n) is 3.07. The summed E-state index contributed by atoms with van der Waals surface area (Å²) >= 11 is 12.3. The zero-order chi connectivity index (χ0) is 23.1. The lowest BCUT2D eigenvalue weighted by Crippen LogP contribution is -2.50. The van der Waals surface area contributed by atoms with Gasteiger partial charge in [0.05, 0.1) is 0 Å². The maximum atomic E-state index is 13.1. The minimum absolute atomic E-state index is 0.0116. The molecule has 31 heavy (non-hydrogen) atoms. The molecule has 0 bridgehead atoms. The second-order valence-corrected chi connectivity index (χ2v) is 8.65. The third kappa shape index (κ3) is 7.15. The van der Waals surface area contributed by atoms with Gasteiger partial charge in [-0.1, -0.05) is 53.9 Å². The first-order valence-corrected chi connectivity index (χ1v) is 11.1. The molecule has 0 unspecified atom stereocenters. The number of halogens is 2. The van der Waals surface area contributed by atoms with Gasteiger partial charge in [0, 0.05) is 22.6 Å². The Labute approximate surface area is 194 Å². The molecule has 7 heteroatoms. The molecular formula is C24H30Cl2N2O3. The molecule has 2 aromatic rings. The van der Waals surface area contributed by atoms with Crippen molar-refractivity contribution in [2.24, 2.45) is 0 Å². The zero-order valence-electron chi connectivity index (χ0n) is 18.7. The van der Waals surface area contributed by atoms with Crippen LogP contribution in [-0.4, -0.2) is 35.4 Å². The third-order valence-corrected chi connectivity index (χ3v) is 5.79. The van der Waals surface area contributed by atoms with E-state index in [9.17, 15) is 9.59 Å². The van der Waals surface area contributed by atoms with Crippen molar-refractivity contribution in [2.45, 2.75) is 59.7 Å². The average molecular weight is 465 g/mol.